The fourth-order valence-corrected chi connectivity index (χ4v) is 3.35. The third-order valence-corrected chi connectivity index (χ3v) is 4.81. The highest BCUT2D eigenvalue weighted by Crippen LogP contribution is 2.21. The highest BCUT2D eigenvalue weighted by Gasteiger charge is 2.27. The molecule has 0 saturated carbocycles. The van der Waals surface area contributed by atoms with Crippen LogP contribution in [0.4, 0.5) is 5.95 Å². The van der Waals surface area contributed by atoms with E-state index in [9.17, 15) is 9.59 Å². The van der Waals surface area contributed by atoms with Crippen LogP contribution in [-0.2, 0) is 0 Å². The van der Waals surface area contributed by atoms with E-state index >= 15 is 0 Å². The van der Waals surface area contributed by atoms with Gasteiger partial charge in [-0.2, -0.15) is 0 Å². The van der Waals surface area contributed by atoms with Crippen molar-refractivity contribution in [3.63, 3.8) is 0 Å². The SMILES string of the molecule is CNc1ncc(C(=O)N2CCCC[C@@H]2CCNC(=O)c2ccccc2)cn1. The van der Waals surface area contributed by atoms with Gasteiger partial charge in [0.2, 0.25) is 5.95 Å². The fraction of sp³-hybridized carbons (Fsp3) is 0.400. The summed E-state index contributed by atoms with van der Waals surface area (Å²) in [5.74, 6) is 0.363. The summed E-state index contributed by atoms with van der Waals surface area (Å²) < 4.78 is 0. The Morgan fingerprint density at radius 2 is 1.85 bits per heavy atom. The number of rotatable bonds is 6. The van der Waals surface area contributed by atoms with Crippen LogP contribution in [0.5, 0.6) is 0 Å². The van der Waals surface area contributed by atoms with Gasteiger partial charge < -0.3 is 15.5 Å². The van der Waals surface area contributed by atoms with E-state index < -0.39 is 0 Å². The molecule has 1 atom stereocenters. The van der Waals surface area contributed by atoms with Crippen molar-refractivity contribution in [1.29, 1.82) is 0 Å². The van der Waals surface area contributed by atoms with Gasteiger partial charge in [0.05, 0.1) is 5.56 Å². The lowest BCUT2D eigenvalue weighted by atomic mass is 9.98. The number of hydrogen-bond acceptors (Lipinski definition) is 5. The number of carbonyl (C=O) groups excluding carboxylic acids is 2. The van der Waals surface area contributed by atoms with E-state index in [1.165, 1.54) is 0 Å². The van der Waals surface area contributed by atoms with Gasteiger partial charge in [0.25, 0.3) is 11.8 Å². The van der Waals surface area contributed by atoms with Crippen LogP contribution in [0.25, 0.3) is 0 Å². The molecule has 2 N–H and O–H groups in total. The van der Waals surface area contributed by atoms with Gasteiger partial charge >= 0.3 is 0 Å². The van der Waals surface area contributed by atoms with Crippen LogP contribution >= 0.6 is 0 Å². The third kappa shape index (κ3) is 4.81. The van der Waals surface area contributed by atoms with Crippen molar-refractivity contribution in [2.24, 2.45) is 0 Å². The van der Waals surface area contributed by atoms with Gasteiger partial charge in [-0.1, -0.05) is 18.2 Å². The third-order valence-electron chi connectivity index (χ3n) is 4.81. The molecule has 1 saturated heterocycles. The van der Waals surface area contributed by atoms with Crippen LogP contribution < -0.4 is 10.6 Å². The maximum absolute atomic E-state index is 12.9. The Balaban J connectivity index is 1.58. The smallest absolute Gasteiger partial charge is 0.257 e. The number of piperidine rings is 1. The number of aromatic nitrogens is 2. The van der Waals surface area contributed by atoms with Crippen molar-refractivity contribution in [2.45, 2.75) is 31.7 Å². The molecular weight excluding hydrogens is 342 g/mol. The molecule has 1 fully saturated rings. The number of nitrogens with one attached hydrogen (secondary N) is 2. The lowest BCUT2D eigenvalue weighted by Crippen LogP contribution is -2.45. The molecule has 3 rings (SSSR count). The van der Waals surface area contributed by atoms with E-state index in [0.29, 0.717) is 23.6 Å². The normalized spacial score (nSPS) is 16.6. The van der Waals surface area contributed by atoms with Crippen molar-refractivity contribution in [2.75, 3.05) is 25.5 Å². The zero-order valence-corrected chi connectivity index (χ0v) is 15.5. The quantitative estimate of drug-likeness (QED) is 0.818. The Hall–Kier alpha value is -2.96. The average molecular weight is 367 g/mol. The van der Waals surface area contributed by atoms with E-state index in [4.69, 9.17) is 0 Å². The standard InChI is InChI=1S/C20H25N5O2/c1-21-20-23-13-16(14-24-20)19(27)25-12-6-5-9-17(25)10-11-22-18(26)15-7-3-2-4-8-15/h2-4,7-8,13-14,17H,5-6,9-12H2,1H3,(H,22,26)(H,21,23,24)/t17-/m1/s1. The molecule has 0 unspecified atom stereocenters. The molecule has 2 amide bonds. The molecule has 2 aromatic rings. The summed E-state index contributed by atoms with van der Waals surface area (Å²) in [4.78, 5) is 35.2. The molecular formula is C20H25N5O2. The number of likely N-dealkylation sites (tertiary alicyclic amines) is 1. The first kappa shape index (κ1) is 18.8. The van der Waals surface area contributed by atoms with Crippen LogP contribution in [0.2, 0.25) is 0 Å². The van der Waals surface area contributed by atoms with E-state index in [1.807, 2.05) is 23.1 Å². The molecule has 7 heteroatoms. The molecule has 27 heavy (non-hydrogen) atoms. The molecule has 1 aromatic heterocycles. The fourth-order valence-electron chi connectivity index (χ4n) is 3.35. The van der Waals surface area contributed by atoms with Crippen molar-refractivity contribution in [3.05, 3.63) is 53.9 Å². The first-order valence-corrected chi connectivity index (χ1v) is 9.33. The molecule has 1 aromatic carbocycles. The zero-order valence-electron chi connectivity index (χ0n) is 15.5. The van der Waals surface area contributed by atoms with Crippen molar-refractivity contribution >= 4 is 17.8 Å². The zero-order chi connectivity index (χ0) is 19.1. The van der Waals surface area contributed by atoms with E-state index in [1.54, 1.807) is 31.6 Å². The van der Waals surface area contributed by atoms with Gasteiger partial charge in [-0.05, 0) is 37.8 Å². The van der Waals surface area contributed by atoms with Gasteiger partial charge in [0.1, 0.15) is 0 Å². The van der Waals surface area contributed by atoms with Crippen molar-refractivity contribution < 1.29 is 9.59 Å². The van der Waals surface area contributed by atoms with Gasteiger partial charge in [-0.15, -0.1) is 0 Å². The van der Waals surface area contributed by atoms with Crippen LogP contribution in [0.3, 0.4) is 0 Å². The molecule has 1 aliphatic heterocycles. The summed E-state index contributed by atoms with van der Waals surface area (Å²) in [6.45, 7) is 1.27. The predicted molar refractivity (Wildman–Crippen MR) is 104 cm³/mol. The summed E-state index contributed by atoms with van der Waals surface area (Å²) in [7, 11) is 1.74. The maximum Gasteiger partial charge on any atom is 0.257 e. The Morgan fingerprint density at radius 3 is 2.56 bits per heavy atom. The molecule has 7 nitrogen and oxygen atoms in total. The highest BCUT2D eigenvalue weighted by molar-refractivity contribution is 5.94. The highest BCUT2D eigenvalue weighted by atomic mass is 16.2. The van der Waals surface area contributed by atoms with Gasteiger partial charge in [0, 0.05) is 44.1 Å². The average Bonchev–Trinajstić information content (AvgIpc) is 2.74. The summed E-state index contributed by atoms with van der Waals surface area (Å²) in [6, 6.07) is 9.28. The molecule has 0 bridgehead atoms. The maximum atomic E-state index is 12.9. The Bertz CT molecular complexity index is 764. The summed E-state index contributed by atoms with van der Waals surface area (Å²) >= 11 is 0. The van der Waals surface area contributed by atoms with E-state index in [2.05, 4.69) is 20.6 Å². The Kier molecular flexibility index (Phi) is 6.35. The van der Waals surface area contributed by atoms with Crippen molar-refractivity contribution in [1.82, 2.24) is 20.2 Å². The second-order valence-corrected chi connectivity index (χ2v) is 6.60. The molecule has 142 valence electrons. The summed E-state index contributed by atoms with van der Waals surface area (Å²) in [5.41, 5.74) is 1.14. The second kappa shape index (κ2) is 9.12. The molecule has 0 radical (unpaired) electrons. The van der Waals surface area contributed by atoms with Crippen LogP contribution in [0.15, 0.2) is 42.7 Å². The topological polar surface area (TPSA) is 87.2 Å². The van der Waals surface area contributed by atoms with E-state index in [-0.39, 0.29) is 17.9 Å². The number of amides is 2. The van der Waals surface area contributed by atoms with Crippen LogP contribution in [0, 0.1) is 0 Å². The minimum Gasteiger partial charge on any atom is -0.357 e. The number of benzene rings is 1. The monoisotopic (exact) mass is 367 g/mol. The number of carbonyl (C=O) groups is 2. The Morgan fingerprint density at radius 1 is 1.11 bits per heavy atom. The van der Waals surface area contributed by atoms with Crippen LogP contribution in [0.1, 0.15) is 46.4 Å². The molecule has 0 aliphatic carbocycles. The molecule has 2 heterocycles. The van der Waals surface area contributed by atoms with Crippen LogP contribution in [-0.4, -0.2) is 52.9 Å². The van der Waals surface area contributed by atoms with Gasteiger partial charge in [-0.3, -0.25) is 9.59 Å². The lowest BCUT2D eigenvalue weighted by molar-refractivity contribution is 0.0600. The number of nitrogens with zero attached hydrogens (tertiary/aromatic N) is 3. The van der Waals surface area contributed by atoms with Gasteiger partial charge in [0.15, 0.2) is 0 Å². The number of anilines is 1. The largest absolute Gasteiger partial charge is 0.357 e. The van der Waals surface area contributed by atoms with E-state index in [0.717, 1.165) is 32.2 Å². The first-order chi connectivity index (χ1) is 13.2. The summed E-state index contributed by atoms with van der Waals surface area (Å²) in [5, 5.41) is 5.80. The minimum atomic E-state index is -0.0830. The predicted octanol–water partition coefficient (Wildman–Crippen LogP) is 2.33. The second-order valence-electron chi connectivity index (χ2n) is 6.60. The number of hydrogen-bond donors (Lipinski definition) is 2. The molecule has 1 aliphatic rings. The molecule has 0 spiro atoms. The summed E-state index contributed by atoms with van der Waals surface area (Å²) in [6.07, 6.45) is 6.89. The minimum absolute atomic E-state index is 0.0447. The Labute approximate surface area is 159 Å². The first-order valence-electron chi connectivity index (χ1n) is 9.33. The lowest BCUT2D eigenvalue weighted by Gasteiger charge is -2.36. The van der Waals surface area contributed by atoms with Crippen molar-refractivity contribution in [3.8, 4) is 0 Å². The van der Waals surface area contributed by atoms with Gasteiger partial charge in [-0.25, -0.2) is 9.97 Å².